The minimum absolute atomic E-state index is 0.785. The van der Waals surface area contributed by atoms with E-state index in [1.165, 1.54) is 37.1 Å². The van der Waals surface area contributed by atoms with Crippen LogP contribution in [0, 0.1) is 6.92 Å². The first-order valence-electron chi connectivity index (χ1n) is 5.32. The largest absolute Gasteiger partial charge is 0.287 e. The molecule has 1 aromatic rings. The first kappa shape index (κ1) is 10.1. The third kappa shape index (κ3) is 2.34. The van der Waals surface area contributed by atoms with Crippen molar-refractivity contribution < 1.29 is 0 Å². The molecule has 2 rings (SSSR count). The summed E-state index contributed by atoms with van der Waals surface area (Å²) in [5, 5.41) is 0. The number of piperidine rings is 1. The van der Waals surface area contributed by atoms with Gasteiger partial charge < -0.3 is 0 Å². The Morgan fingerprint density at radius 2 is 1.71 bits per heavy atom. The molecule has 1 aliphatic heterocycles. The Labute approximate surface area is 88.8 Å². The Morgan fingerprint density at radius 3 is 2.29 bits per heavy atom. The Bertz CT molecular complexity index is 286. The molecule has 1 heterocycles. The van der Waals surface area contributed by atoms with Crippen molar-refractivity contribution in [2.24, 2.45) is 0 Å². The highest BCUT2D eigenvalue weighted by molar-refractivity contribution is 7.13. The maximum absolute atomic E-state index is 2.80. The normalized spacial score (nSPS) is 19.9. The van der Waals surface area contributed by atoms with Gasteiger partial charge in [0.25, 0.3) is 0 Å². The van der Waals surface area contributed by atoms with E-state index in [4.69, 9.17) is 0 Å². The Kier molecular flexibility index (Phi) is 3.20. The summed E-state index contributed by atoms with van der Waals surface area (Å²) in [7, 11) is 2.80. The van der Waals surface area contributed by atoms with E-state index < -0.39 is 0 Å². The first-order chi connectivity index (χ1) is 6.75. The summed E-state index contributed by atoms with van der Waals surface area (Å²) in [5.74, 6) is 0.785. The van der Waals surface area contributed by atoms with E-state index in [9.17, 15) is 0 Å². The number of benzene rings is 1. The van der Waals surface area contributed by atoms with Crippen molar-refractivity contribution in [1.29, 1.82) is 0 Å². The number of hydrogen-bond donors (Lipinski definition) is 0. The van der Waals surface area contributed by atoms with Crippen LogP contribution >= 0.6 is 9.39 Å². The molecule has 0 radical (unpaired) electrons. The van der Waals surface area contributed by atoms with Gasteiger partial charge in [-0.1, -0.05) is 39.2 Å². The second kappa shape index (κ2) is 4.42. The minimum atomic E-state index is 0.785. The van der Waals surface area contributed by atoms with Gasteiger partial charge in [-0.05, 0) is 31.2 Å². The number of nitrogens with zero attached hydrogens (tertiary/aromatic N) is 1. The van der Waals surface area contributed by atoms with Crippen molar-refractivity contribution in [2.45, 2.75) is 25.7 Å². The molecule has 0 aromatic heterocycles. The van der Waals surface area contributed by atoms with Gasteiger partial charge in [0.1, 0.15) is 0 Å². The monoisotopic (exact) mass is 207 g/mol. The highest BCUT2D eigenvalue weighted by Crippen LogP contribution is 2.29. The van der Waals surface area contributed by atoms with Gasteiger partial charge in [0, 0.05) is 13.1 Å². The van der Waals surface area contributed by atoms with Gasteiger partial charge in [-0.15, -0.1) is 0 Å². The minimum Gasteiger partial charge on any atom is -0.287 e. The van der Waals surface area contributed by atoms with Crippen LogP contribution < -0.4 is 0 Å². The fraction of sp³-hybridized carbons (Fsp3) is 0.500. The van der Waals surface area contributed by atoms with Gasteiger partial charge in [-0.2, -0.15) is 0 Å². The molecule has 1 aliphatic rings. The average molecular weight is 207 g/mol. The fourth-order valence-electron chi connectivity index (χ4n) is 2.07. The van der Waals surface area contributed by atoms with Gasteiger partial charge in [-0.25, -0.2) is 0 Å². The molecule has 1 atom stereocenters. The van der Waals surface area contributed by atoms with Gasteiger partial charge in [-0.3, -0.25) is 4.67 Å². The van der Waals surface area contributed by atoms with E-state index in [0.29, 0.717) is 0 Å². The molecule has 0 bridgehead atoms. The Balaban J connectivity index is 2.05. The van der Waals surface area contributed by atoms with E-state index in [1.54, 1.807) is 0 Å². The van der Waals surface area contributed by atoms with E-state index in [1.807, 2.05) is 0 Å². The molecule has 0 aliphatic carbocycles. The SMILES string of the molecule is Cc1ccc(C2CCN(P)CC2)cc1. The van der Waals surface area contributed by atoms with Crippen LogP contribution in [0.15, 0.2) is 24.3 Å². The van der Waals surface area contributed by atoms with Crippen molar-refractivity contribution in [1.82, 2.24) is 4.67 Å². The second-order valence-electron chi connectivity index (χ2n) is 4.22. The molecular formula is C12H18NP. The number of rotatable bonds is 1. The highest BCUT2D eigenvalue weighted by atomic mass is 31.0. The van der Waals surface area contributed by atoms with Crippen LogP contribution in [0.5, 0.6) is 0 Å². The van der Waals surface area contributed by atoms with Gasteiger partial charge in [0.05, 0.1) is 0 Å². The van der Waals surface area contributed by atoms with Crippen LogP contribution in [0.3, 0.4) is 0 Å². The van der Waals surface area contributed by atoms with Gasteiger partial charge >= 0.3 is 0 Å². The van der Waals surface area contributed by atoms with Crippen molar-refractivity contribution in [3.05, 3.63) is 35.4 Å². The molecule has 2 heteroatoms. The maximum atomic E-state index is 2.80. The lowest BCUT2D eigenvalue weighted by Gasteiger charge is -2.28. The molecule has 14 heavy (non-hydrogen) atoms. The average Bonchev–Trinajstić information content (AvgIpc) is 2.21. The van der Waals surface area contributed by atoms with Crippen LogP contribution in [0.1, 0.15) is 29.9 Å². The summed E-state index contributed by atoms with van der Waals surface area (Å²) < 4.78 is 2.34. The maximum Gasteiger partial charge on any atom is 0.00220 e. The van der Waals surface area contributed by atoms with Gasteiger partial charge in [0.2, 0.25) is 0 Å². The van der Waals surface area contributed by atoms with Crippen molar-refractivity contribution in [3.8, 4) is 0 Å². The summed E-state index contributed by atoms with van der Waals surface area (Å²) in [6.07, 6.45) is 2.60. The molecule has 1 unspecified atom stereocenters. The van der Waals surface area contributed by atoms with E-state index in [0.717, 1.165) is 5.92 Å². The molecule has 0 N–H and O–H groups in total. The molecule has 0 saturated carbocycles. The quantitative estimate of drug-likeness (QED) is 0.640. The van der Waals surface area contributed by atoms with Crippen LogP contribution in [0.25, 0.3) is 0 Å². The lowest BCUT2D eigenvalue weighted by Crippen LogP contribution is -2.24. The van der Waals surface area contributed by atoms with Crippen molar-refractivity contribution in [2.75, 3.05) is 13.1 Å². The molecule has 0 amide bonds. The molecule has 1 aromatic carbocycles. The Morgan fingerprint density at radius 1 is 1.14 bits per heavy atom. The summed E-state index contributed by atoms with van der Waals surface area (Å²) in [6.45, 7) is 4.57. The molecule has 0 spiro atoms. The summed E-state index contributed by atoms with van der Waals surface area (Å²) >= 11 is 0. The molecular weight excluding hydrogens is 189 g/mol. The summed E-state index contributed by atoms with van der Waals surface area (Å²) in [6, 6.07) is 9.03. The zero-order valence-corrected chi connectivity index (χ0v) is 9.89. The number of hydrogen-bond acceptors (Lipinski definition) is 1. The summed E-state index contributed by atoms with van der Waals surface area (Å²) in [4.78, 5) is 0. The third-order valence-electron chi connectivity index (χ3n) is 3.08. The predicted molar refractivity (Wildman–Crippen MR) is 64.4 cm³/mol. The first-order valence-corrected chi connectivity index (χ1v) is 5.83. The van der Waals surface area contributed by atoms with Crippen LogP contribution in [-0.4, -0.2) is 17.8 Å². The lowest BCUT2D eigenvalue weighted by molar-refractivity contribution is 0.345. The van der Waals surface area contributed by atoms with Crippen molar-refractivity contribution >= 4 is 9.39 Å². The van der Waals surface area contributed by atoms with Crippen LogP contribution in [0.2, 0.25) is 0 Å². The standard InChI is InChI=1S/C12H18NP/c1-10-2-4-11(5-3-10)12-6-8-13(14)9-7-12/h2-5,12H,6-9,14H2,1H3. The second-order valence-corrected chi connectivity index (χ2v) is 4.95. The Hall–Kier alpha value is -0.390. The number of aryl methyl sites for hydroxylation is 1. The molecule has 1 nitrogen and oxygen atoms in total. The topological polar surface area (TPSA) is 3.24 Å². The highest BCUT2D eigenvalue weighted by Gasteiger charge is 2.17. The lowest BCUT2D eigenvalue weighted by atomic mass is 9.90. The van der Waals surface area contributed by atoms with Crippen LogP contribution in [-0.2, 0) is 0 Å². The van der Waals surface area contributed by atoms with Crippen LogP contribution in [0.4, 0.5) is 0 Å². The van der Waals surface area contributed by atoms with E-state index >= 15 is 0 Å². The van der Waals surface area contributed by atoms with Gasteiger partial charge in [0.15, 0.2) is 0 Å². The third-order valence-corrected chi connectivity index (χ3v) is 3.59. The van der Waals surface area contributed by atoms with E-state index in [2.05, 4.69) is 45.3 Å². The fourth-order valence-corrected chi connectivity index (χ4v) is 2.37. The smallest absolute Gasteiger partial charge is 0.00220 e. The predicted octanol–water partition coefficient (Wildman–Crippen LogP) is 2.96. The van der Waals surface area contributed by atoms with Crippen molar-refractivity contribution in [3.63, 3.8) is 0 Å². The molecule has 1 saturated heterocycles. The summed E-state index contributed by atoms with van der Waals surface area (Å²) in [5.41, 5.74) is 2.88. The molecule has 1 fully saturated rings. The van der Waals surface area contributed by atoms with E-state index in [-0.39, 0.29) is 0 Å². The zero-order chi connectivity index (χ0) is 9.97. The molecule has 76 valence electrons. The zero-order valence-electron chi connectivity index (χ0n) is 8.74.